The second-order valence-corrected chi connectivity index (χ2v) is 3.38. The van der Waals surface area contributed by atoms with E-state index in [1.807, 2.05) is 6.08 Å². The van der Waals surface area contributed by atoms with Crippen molar-refractivity contribution in [3.8, 4) is 0 Å². The lowest BCUT2D eigenvalue weighted by atomic mass is 10.0. The highest BCUT2D eigenvalue weighted by Crippen LogP contribution is 2.39. The van der Waals surface area contributed by atoms with Gasteiger partial charge in [0.2, 0.25) is 0 Å². The molecule has 0 radical (unpaired) electrons. The Labute approximate surface area is 67.7 Å². The molecular formula is C10H14O. The fourth-order valence-electron chi connectivity index (χ4n) is 2.00. The zero-order valence-corrected chi connectivity index (χ0v) is 6.75. The van der Waals surface area contributed by atoms with Crippen LogP contribution in [-0.2, 0) is 4.74 Å². The van der Waals surface area contributed by atoms with Crippen LogP contribution in [0, 0.1) is 5.92 Å². The Morgan fingerprint density at radius 3 is 3.36 bits per heavy atom. The van der Waals surface area contributed by atoms with Crippen LogP contribution in [0.1, 0.15) is 25.7 Å². The van der Waals surface area contributed by atoms with E-state index >= 15 is 0 Å². The van der Waals surface area contributed by atoms with Gasteiger partial charge < -0.3 is 4.74 Å². The van der Waals surface area contributed by atoms with Gasteiger partial charge in [0.1, 0.15) is 6.10 Å². The van der Waals surface area contributed by atoms with E-state index in [9.17, 15) is 0 Å². The van der Waals surface area contributed by atoms with Gasteiger partial charge in [-0.05, 0) is 25.3 Å². The minimum atomic E-state index is 0.434. The maximum atomic E-state index is 5.72. The van der Waals surface area contributed by atoms with Crippen LogP contribution in [0.15, 0.2) is 24.5 Å². The summed E-state index contributed by atoms with van der Waals surface area (Å²) in [6.45, 7) is 3.72. The number of hydrogen-bond donors (Lipinski definition) is 0. The van der Waals surface area contributed by atoms with E-state index in [1.165, 1.54) is 25.0 Å². The van der Waals surface area contributed by atoms with Crippen molar-refractivity contribution in [2.24, 2.45) is 5.92 Å². The van der Waals surface area contributed by atoms with Gasteiger partial charge in [0.05, 0.1) is 5.76 Å². The molecule has 60 valence electrons. The molecule has 1 unspecified atom stereocenters. The summed E-state index contributed by atoms with van der Waals surface area (Å²) in [5.74, 6) is 2.01. The maximum absolute atomic E-state index is 5.72. The first kappa shape index (κ1) is 6.96. The van der Waals surface area contributed by atoms with Crippen molar-refractivity contribution in [3.05, 3.63) is 24.5 Å². The zero-order chi connectivity index (χ0) is 7.68. The molecule has 2 rings (SSSR count). The van der Waals surface area contributed by atoms with E-state index < -0.39 is 0 Å². The Bertz CT molecular complexity index is 193. The Morgan fingerprint density at radius 1 is 1.73 bits per heavy atom. The molecule has 2 atom stereocenters. The molecular weight excluding hydrogens is 136 g/mol. The minimum Gasteiger partial charge on any atom is -0.494 e. The lowest BCUT2D eigenvalue weighted by molar-refractivity contribution is 0.163. The number of rotatable bonds is 2. The maximum Gasteiger partial charge on any atom is 0.102 e. The average molecular weight is 150 g/mol. The molecule has 1 heterocycles. The Morgan fingerprint density at radius 2 is 2.64 bits per heavy atom. The summed E-state index contributed by atoms with van der Waals surface area (Å²) in [6, 6.07) is 0. The summed E-state index contributed by atoms with van der Waals surface area (Å²) in [5.41, 5.74) is 0. The van der Waals surface area contributed by atoms with Gasteiger partial charge in [-0.15, -0.1) is 6.58 Å². The number of fused-ring (bicyclic) bond motifs is 1. The molecule has 0 aromatic rings. The van der Waals surface area contributed by atoms with E-state index in [1.54, 1.807) is 0 Å². The van der Waals surface area contributed by atoms with Gasteiger partial charge in [0, 0.05) is 12.3 Å². The van der Waals surface area contributed by atoms with Gasteiger partial charge in [0.25, 0.3) is 0 Å². The van der Waals surface area contributed by atoms with Crippen molar-refractivity contribution < 1.29 is 4.74 Å². The van der Waals surface area contributed by atoms with Gasteiger partial charge in [0.15, 0.2) is 0 Å². The monoisotopic (exact) mass is 150 g/mol. The second-order valence-electron chi connectivity index (χ2n) is 3.38. The molecule has 0 bridgehead atoms. The molecule has 0 N–H and O–H groups in total. The van der Waals surface area contributed by atoms with Crippen LogP contribution >= 0.6 is 0 Å². The standard InChI is InChI=1S/C10H14O/c1-2-4-9-7-8-5-3-6-10(8)11-9/h2,6,8-9H,1,3-5,7H2/t8?,9-/m0/s1. The summed E-state index contributed by atoms with van der Waals surface area (Å²) >= 11 is 0. The van der Waals surface area contributed by atoms with Crippen LogP contribution in [0.4, 0.5) is 0 Å². The van der Waals surface area contributed by atoms with Crippen molar-refractivity contribution >= 4 is 0 Å². The van der Waals surface area contributed by atoms with Crippen LogP contribution < -0.4 is 0 Å². The molecule has 0 amide bonds. The molecule has 1 aliphatic heterocycles. The summed E-state index contributed by atoms with van der Waals surface area (Å²) in [7, 11) is 0. The Hall–Kier alpha value is -0.720. The number of ether oxygens (including phenoxy) is 1. The Kier molecular flexibility index (Phi) is 1.72. The summed E-state index contributed by atoms with van der Waals surface area (Å²) in [4.78, 5) is 0. The highest BCUT2D eigenvalue weighted by atomic mass is 16.5. The molecule has 0 aromatic carbocycles. The number of allylic oxidation sites excluding steroid dienone is 2. The van der Waals surface area contributed by atoms with Crippen LogP contribution in [0.25, 0.3) is 0 Å². The van der Waals surface area contributed by atoms with E-state index in [4.69, 9.17) is 4.74 Å². The molecule has 1 saturated heterocycles. The van der Waals surface area contributed by atoms with Crippen molar-refractivity contribution in [2.45, 2.75) is 31.8 Å². The van der Waals surface area contributed by atoms with Gasteiger partial charge in [-0.2, -0.15) is 0 Å². The molecule has 2 aliphatic rings. The first-order chi connectivity index (χ1) is 5.40. The van der Waals surface area contributed by atoms with E-state index in [0.29, 0.717) is 6.10 Å². The highest BCUT2D eigenvalue weighted by molar-refractivity contribution is 5.10. The van der Waals surface area contributed by atoms with E-state index in [2.05, 4.69) is 12.7 Å². The third-order valence-corrected chi connectivity index (χ3v) is 2.54. The molecule has 1 nitrogen and oxygen atoms in total. The first-order valence-electron chi connectivity index (χ1n) is 4.37. The summed E-state index contributed by atoms with van der Waals surface area (Å²) in [6.07, 6.45) is 9.39. The van der Waals surface area contributed by atoms with Gasteiger partial charge in [-0.3, -0.25) is 0 Å². The molecule has 1 heteroatoms. The minimum absolute atomic E-state index is 0.434. The van der Waals surface area contributed by atoms with Crippen molar-refractivity contribution in [3.63, 3.8) is 0 Å². The van der Waals surface area contributed by atoms with Gasteiger partial charge >= 0.3 is 0 Å². The first-order valence-corrected chi connectivity index (χ1v) is 4.37. The highest BCUT2D eigenvalue weighted by Gasteiger charge is 2.32. The lowest BCUT2D eigenvalue weighted by Gasteiger charge is -2.06. The lowest BCUT2D eigenvalue weighted by Crippen LogP contribution is -2.02. The van der Waals surface area contributed by atoms with Crippen LogP contribution in [0.5, 0.6) is 0 Å². The topological polar surface area (TPSA) is 9.23 Å². The fourth-order valence-corrected chi connectivity index (χ4v) is 2.00. The molecule has 1 fully saturated rings. The van der Waals surface area contributed by atoms with E-state index in [0.717, 1.165) is 12.3 Å². The third-order valence-electron chi connectivity index (χ3n) is 2.54. The molecule has 0 saturated carbocycles. The molecule has 0 aromatic heterocycles. The molecule has 0 spiro atoms. The van der Waals surface area contributed by atoms with Crippen LogP contribution in [0.2, 0.25) is 0 Å². The summed E-state index contributed by atoms with van der Waals surface area (Å²) in [5, 5.41) is 0. The predicted molar refractivity (Wildman–Crippen MR) is 45.1 cm³/mol. The SMILES string of the molecule is C=CC[C@H]1CC2CCC=C2O1. The van der Waals surface area contributed by atoms with Crippen molar-refractivity contribution in [1.82, 2.24) is 0 Å². The summed E-state index contributed by atoms with van der Waals surface area (Å²) < 4.78 is 5.72. The predicted octanol–water partition coefficient (Wildman–Crippen LogP) is 2.65. The third kappa shape index (κ3) is 1.20. The van der Waals surface area contributed by atoms with Gasteiger partial charge in [-0.25, -0.2) is 0 Å². The van der Waals surface area contributed by atoms with Crippen LogP contribution in [0.3, 0.4) is 0 Å². The quantitative estimate of drug-likeness (QED) is 0.550. The normalized spacial score (nSPS) is 34.4. The smallest absolute Gasteiger partial charge is 0.102 e. The van der Waals surface area contributed by atoms with Gasteiger partial charge in [-0.1, -0.05) is 6.08 Å². The van der Waals surface area contributed by atoms with Crippen LogP contribution in [-0.4, -0.2) is 6.10 Å². The second kappa shape index (κ2) is 2.72. The van der Waals surface area contributed by atoms with Crippen molar-refractivity contribution in [2.75, 3.05) is 0 Å². The van der Waals surface area contributed by atoms with E-state index in [-0.39, 0.29) is 0 Å². The Balaban J connectivity index is 1.98. The van der Waals surface area contributed by atoms with Crippen molar-refractivity contribution in [1.29, 1.82) is 0 Å². The molecule has 11 heavy (non-hydrogen) atoms. The zero-order valence-electron chi connectivity index (χ0n) is 6.75. The fraction of sp³-hybridized carbons (Fsp3) is 0.600. The molecule has 1 aliphatic carbocycles. The average Bonchev–Trinajstić information content (AvgIpc) is 2.46. The number of hydrogen-bond acceptors (Lipinski definition) is 1. The largest absolute Gasteiger partial charge is 0.494 e.